The van der Waals surface area contributed by atoms with Crippen LogP contribution in [0.15, 0.2) is 66.0 Å². The minimum atomic E-state index is -4.53. The lowest BCUT2D eigenvalue weighted by atomic mass is 10.1. The lowest BCUT2D eigenvalue weighted by molar-refractivity contribution is -0.241. The van der Waals surface area contributed by atoms with E-state index in [1.54, 1.807) is 0 Å². The molecule has 3 atom stereocenters. The number of aromatic nitrogens is 2. The fourth-order valence-electron chi connectivity index (χ4n) is 4.87. The molecule has 2 heterocycles. The number of halogens is 5. The summed E-state index contributed by atoms with van der Waals surface area (Å²) in [4.78, 5) is 23.3. The molecule has 0 unspecified atom stereocenters. The number of carbonyl (C=O) groups excluding carboxylic acids is 1. The summed E-state index contributed by atoms with van der Waals surface area (Å²) in [5, 5.41) is 12.7. The molecule has 0 saturated carbocycles. The summed E-state index contributed by atoms with van der Waals surface area (Å²) in [6, 6.07) is 8.01. The molecule has 4 rings (SSSR count). The predicted octanol–water partition coefficient (Wildman–Crippen LogP) is 4.80. The van der Waals surface area contributed by atoms with Gasteiger partial charge in [-0.15, -0.1) is 0 Å². The van der Waals surface area contributed by atoms with Crippen LogP contribution in [0.4, 0.5) is 27.8 Å². The second-order valence-corrected chi connectivity index (χ2v) is 12.8. The number of ether oxygens (including phenoxy) is 2. The fourth-order valence-corrected chi connectivity index (χ4v) is 5.75. The number of aliphatic hydroxyl groups excluding tert-OH is 1. The molecule has 1 fully saturated rings. The summed E-state index contributed by atoms with van der Waals surface area (Å²) in [7, 11) is -3.47. The maximum Gasteiger partial charge on any atom is 0.416 e. The van der Waals surface area contributed by atoms with Crippen LogP contribution in [0.5, 0.6) is 5.75 Å². The zero-order chi connectivity index (χ0) is 33.7. The number of nitrogens with one attached hydrogen (secondary N) is 1. The minimum absolute atomic E-state index is 0.0147. The maximum absolute atomic E-state index is 14.1. The molecular weight excluding hydrogens is 639 g/mol. The molecule has 1 amide bonds. The molecule has 3 aromatic rings. The minimum Gasteiger partial charge on any atom is -0.489 e. The maximum atomic E-state index is 14.1. The number of anilines is 1. The van der Waals surface area contributed by atoms with Crippen molar-refractivity contribution in [1.29, 1.82) is 0 Å². The molecule has 0 aliphatic carbocycles. The number of amides is 1. The lowest BCUT2D eigenvalue weighted by Gasteiger charge is -2.28. The molecule has 1 aliphatic rings. The number of benzene rings is 2. The predicted molar refractivity (Wildman–Crippen MR) is 156 cm³/mol. The Kier molecular flexibility index (Phi) is 10.8. The zero-order valence-electron chi connectivity index (χ0n) is 24.9. The first kappa shape index (κ1) is 35.0. The number of carbonyl (C=O) groups is 1. The van der Waals surface area contributed by atoms with E-state index >= 15 is 0 Å². The smallest absolute Gasteiger partial charge is 0.416 e. The molecule has 46 heavy (non-hydrogen) atoms. The number of alkyl halides is 5. The second-order valence-electron chi connectivity index (χ2n) is 10.5. The molecule has 2 aromatic carbocycles. The van der Waals surface area contributed by atoms with E-state index in [0.717, 1.165) is 30.6 Å². The van der Waals surface area contributed by atoms with Gasteiger partial charge in [0, 0.05) is 19.0 Å². The van der Waals surface area contributed by atoms with E-state index in [1.807, 2.05) is 0 Å². The van der Waals surface area contributed by atoms with Gasteiger partial charge in [-0.2, -0.15) is 22.0 Å². The quantitative estimate of drug-likeness (QED) is 0.246. The molecular formula is C30H33F5N4O6S. The molecule has 2 N–H and O–H groups in total. The number of rotatable bonds is 13. The molecule has 1 saturated heterocycles. The van der Waals surface area contributed by atoms with Gasteiger partial charge in [-0.1, -0.05) is 26.0 Å². The monoisotopic (exact) mass is 672 g/mol. The third kappa shape index (κ3) is 8.47. The lowest BCUT2D eigenvalue weighted by Crippen LogP contribution is -2.39. The van der Waals surface area contributed by atoms with Crippen LogP contribution in [0.1, 0.15) is 54.2 Å². The van der Waals surface area contributed by atoms with Crippen molar-refractivity contribution in [3.05, 3.63) is 77.7 Å². The topological polar surface area (TPSA) is 131 Å². The van der Waals surface area contributed by atoms with Crippen molar-refractivity contribution in [2.24, 2.45) is 0 Å². The van der Waals surface area contributed by atoms with E-state index in [0.29, 0.717) is 5.56 Å². The molecule has 1 aliphatic heterocycles. The first-order valence-electron chi connectivity index (χ1n) is 14.3. The zero-order valence-corrected chi connectivity index (χ0v) is 25.7. The van der Waals surface area contributed by atoms with E-state index in [9.17, 15) is 40.3 Å². The fraction of sp³-hybridized carbons (Fsp3) is 0.433. The van der Waals surface area contributed by atoms with E-state index in [-0.39, 0.29) is 40.7 Å². The Balaban J connectivity index is 1.57. The van der Waals surface area contributed by atoms with Crippen LogP contribution in [0.25, 0.3) is 0 Å². The first-order chi connectivity index (χ1) is 21.7. The number of hydrogen-bond acceptors (Lipinski definition) is 9. The van der Waals surface area contributed by atoms with Gasteiger partial charge < -0.3 is 24.8 Å². The van der Waals surface area contributed by atoms with Gasteiger partial charge in [-0.3, -0.25) is 4.79 Å². The summed E-state index contributed by atoms with van der Waals surface area (Å²) in [5.41, 5.74) is -0.502. The van der Waals surface area contributed by atoms with Crippen molar-refractivity contribution in [3.8, 4) is 5.75 Å². The van der Waals surface area contributed by atoms with Gasteiger partial charge in [-0.25, -0.2) is 18.4 Å². The van der Waals surface area contributed by atoms with Crippen LogP contribution >= 0.6 is 0 Å². The molecule has 1 aromatic heterocycles. The van der Waals surface area contributed by atoms with Crippen LogP contribution in [0, 0.1) is 0 Å². The number of aliphatic hydroxyl groups is 1. The Morgan fingerprint density at radius 2 is 1.76 bits per heavy atom. The Bertz CT molecular complexity index is 1590. The molecule has 250 valence electrons. The summed E-state index contributed by atoms with van der Waals surface area (Å²) < 4.78 is 102. The van der Waals surface area contributed by atoms with Gasteiger partial charge in [0.1, 0.15) is 29.6 Å². The standard InChI is InChI=1S/C30H33F5N4O6S/c1-3-29(31,32)44-17-21-13-23(45-22-9-7-20(8-10-22)30(33,34)35)15-39(21)27-25(14-36-18-37-27)28(41)38-26(16-40)19-5-11-24(12-6-19)46(42,43)4-2/h5-12,14,18,21,23,26,40H,3-4,13,15-17H2,1-2H3,(H,38,41)/t21-,23+,26-/m0/s1. The summed E-state index contributed by atoms with van der Waals surface area (Å²) in [5.74, 6) is -0.633. The van der Waals surface area contributed by atoms with Gasteiger partial charge in [0.2, 0.25) is 0 Å². The van der Waals surface area contributed by atoms with Gasteiger partial charge in [-0.05, 0) is 42.0 Å². The third-order valence-corrected chi connectivity index (χ3v) is 9.23. The number of sulfone groups is 1. The largest absolute Gasteiger partial charge is 0.489 e. The summed E-state index contributed by atoms with van der Waals surface area (Å²) >= 11 is 0. The van der Waals surface area contributed by atoms with Crippen molar-refractivity contribution in [3.63, 3.8) is 0 Å². The van der Waals surface area contributed by atoms with E-state index in [2.05, 4.69) is 15.3 Å². The van der Waals surface area contributed by atoms with Gasteiger partial charge in [0.25, 0.3) is 5.91 Å². The van der Waals surface area contributed by atoms with Gasteiger partial charge in [0.15, 0.2) is 9.84 Å². The van der Waals surface area contributed by atoms with Crippen LogP contribution < -0.4 is 15.0 Å². The van der Waals surface area contributed by atoms with Crippen molar-refractivity contribution in [2.75, 3.05) is 30.4 Å². The highest BCUT2D eigenvalue weighted by atomic mass is 32.2. The van der Waals surface area contributed by atoms with Crippen molar-refractivity contribution in [2.45, 2.75) is 62.1 Å². The van der Waals surface area contributed by atoms with Crippen molar-refractivity contribution < 1.29 is 49.7 Å². The van der Waals surface area contributed by atoms with E-state index in [1.165, 1.54) is 49.2 Å². The van der Waals surface area contributed by atoms with Crippen LogP contribution in [-0.2, 0) is 20.8 Å². The Morgan fingerprint density at radius 1 is 1.09 bits per heavy atom. The normalized spacial score (nSPS) is 18.0. The van der Waals surface area contributed by atoms with Crippen LogP contribution in [-0.4, -0.2) is 73.2 Å². The Labute approximate surface area is 262 Å². The highest BCUT2D eigenvalue weighted by molar-refractivity contribution is 7.91. The van der Waals surface area contributed by atoms with Gasteiger partial charge in [0.05, 0.1) is 48.1 Å². The molecule has 0 radical (unpaired) electrons. The Morgan fingerprint density at radius 3 is 2.35 bits per heavy atom. The summed E-state index contributed by atoms with van der Waals surface area (Å²) in [6.07, 6.45) is -6.76. The molecule has 0 bridgehead atoms. The summed E-state index contributed by atoms with van der Waals surface area (Å²) in [6.45, 7) is 1.76. The van der Waals surface area contributed by atoms with Gasteiger partial charge >= 0.3 is 12.3 Å². The highest BCUT2D eigenvalue weighted by Crippen LogP contribution is 2.33. The SMILES string of the molecule is CCC(F)(F)OC[C@@H]1C[C@@H](Oc2ccc(C(F)(F)F)cc2)CN1c1ncncc1C(=O)N[C@@H](CO)c1ccc(S(=O)(=O)CC)cc1. The van der Waals surface area contributed by atoms with Crippen molar-refractivity contribution >= 4 is 21.6 Å². The molecule has 10 nitrogen and oxygen atoms in total. The Hall–Kier alpha value is -3.89. The van der Waals surface area contributed by atoms with E-state index < -0.39 is 71.4 Å². The highest BCUT2D eigenvalue weighted by Gasteiger charge is 2.39. The van der Waals surface area contributed by atoms with Crippen LogP contribution in [0.3, 0.4) is 0 Å². The van der Waals surface area contributed by atoms with E-state index in [4.69, 9.17) is 9.47 Å². The number of hydrogen-bond donors (Lipinski definition) is 2. The third-order valence-electron chi connectivity index (χ3n) is 7.48. The first-order valence-corrected chi connectivity index (χ1v) is 16.0. The second kappa shape index (κ2) is 14.3. The van der Waals surface area contributed by atoms with Crippen molar-refractivity contribution in [1.82, 2.24) is 15.3 Å². The molecule has 0 spiro atoms. The average molecular weight is 673 g/mol. The van der Waals surface area contributed by atoms with Crippen LogP contribution in [0.2, 0.25) is 0 Å². The molecule has 16 heteroatoms. The number of nitrogens with zero attached hydrogens (tertiary/aromatic N) is 3. The average Bonchev–Trinajstić information content (AvgIpc) is 3.44.